The highest BCUT2D eigenvalue weighted by Gasteiger charge is 2.14. The lowest BCUT2D eigenvalue weighted by Gasteiger charge is -2.22. The molecule has 0 unspecified atom stereocenters. The van der Waals surface area contributed by atoms with Gasteiger partial charge in [0.15, 0.2) is 0 Å². The minimum atomic E-state index is 0.331. The van der Waals surface area contributed by atoms with Gasteiger partial charge >= 0.3 is 0 Å². The van der Waals surface area contributed by atoms with E-state index < -0.39 is 0 Å². The molecule has 0 atom stereocenters. The Kier molecular flexibility index (Phi) is 5.42. The second kappa shape index (κ2) is 7.34. The normalized spacial score (nSPS) is 16.7. The summed E-state index contributed by atoms with van der Waals surface area (Å²) in [6, 6.07) is 4.03. The van der Waals surface area contributed by atoms with E-state index in [4.69, 9.17) is 9.47 Å². The van der Waals surface area contributed by atoms with Gasteiger partial charge < -0.3 is 14.8 Å². The SMILES string of the molecule is CCCNc1ncccc1COC1CCOCC1. The van der Waals surface area contributed by atoms with Gasteiger partial charge in [-0.25, -0.2) is 4.98 Å². The summed E-state index contributed by atoms with van der Waals surface area (Å²) in [6.45, 7) is 5.36. The Hall–Kier alpha value is -1.13. The molecule has 1 fully saturated rings. The van der Waals surface area contributed by atoms with Gasteiger partial charge in [0.25, 0.3) is 0 Å². The molecule has 2 rings (SSSR count). The Morgan fingerprint density at radius 1 is 1.44 bits per heavy atom. The average Bonchev–Trinajstić information content (AvgIpc) is 2.45. The number of ether oxygens (including phenoxy) is 2. The van der Waals surface area contributed by atoms with Crippen molar-refractivity contribution in [1.82, 2.24) is 4.98 Å². The van der Waals surface area contributed by atoms with Gasteiger partial charge in [0.2, 0.25) is 0 Å². The maximum absolute atomic E-state index is 5.93. The number of anilines is 1. The fourth-order valence-electron chi connectivity index (χ4n) is 2.01. The molecule has 0 radical (unpaired) electrons. The molecule has 1 aromatic heterocycles. The Morgan fingerprint density at radius 3 is 3.06 bits per heavy atom. The van der Waals surface area contributed by atoms with E-state index in [1.807, 2.05) is 12.3 Å². The van der Waals surface area contributed by atoms with E-state index in [0.29, 0.717) is 12.7 Å². The van der Waals surface area contributed by atoms with Crippen LogP contribution < -0.4 is 5.32 Å². The predicted molar refractivity (Wildman–Crippen MR) is 71.6 cm³/mol. The summed E-state index contributed by atoms with van der Waals surface area (Å²) in [6.07, 6.45) is 5.24. The number of aromatic nitrogens is 1. The monoisotopic (exact) mass is 250 g/mol. The molecule has 1 aliphatic rings. The molecule has 4 nitrogen and oxygen atoms in total. The quantitative estimate of drug-likeness (QED) is 0.842. The topological polar surface area (TPSA) is 43.4 Å². The van der Waals surface area contributed by atoms with Crippen molar-refractivity contribution in [2.75, 3.05) is 25.1 Å². The minimum absolute atomic E-state index is 0.331. The zero-order chi connectivity index (χ0) is 12.6. The average molecular weight is 250 g/mol. The van der Waals surface area contributed by atoms with Crippen LogP contribution >= 0.6 is 0 Å². The van der Waals surface area contributed by atoms with Crippen LogP contribution in [0.3, 0.4) is 0 Å². The first-order valence-electron chi connectivity index (χ1n) is 6.77. The van der Waals surface area contributed by atoms with Crippen LogP contribution in [-0.2, 0) is 16.1 Å². The molecule has 0 saturated carbocycles. The van der Waals surface area contributed by atoms with Crippen LogP contribution in [0.5, 0.6) is 0 Å². The minimum Gasteiger partial charge on any atom is -0.381 e. The third kappa shape index (κ3) is 3.96. The Bertz CT molecular complexity index is 351. The summed E-state index contributed by atoms with van der Waals surface area (Å²) < 4.78 is 11.3. The second-order valence-corrected chi connectivity index (χ2v) is 4.56. The summed E-state index contributed by atoms with van der Waals surface area (Å²) in [7, 11) is 0. The van der Waals surface area contributed by atoms with Crippen molar-refractivity contribution in [3.8, 4) is 0 Å². The zero-order valence-corrected chi connectivity index (χ0v) is 11.0. The summed E-state index contributed by atoms with van der Waals surface area (Å²) in [5, 5.41) is 3.33. The number of hydrogen-bond acceptors (Lipinski definition) is 4. The molecule has 100 valence electrons. The first-order valence-corrected chi connectivity index (χ1v) is 6.77. The van der Waals surface area contributed by atoms with Gasteiger partial charge in [-0.15, -0.1) is 0 Å². The fourth-order valence-corrected chi connectivity index (χ4v) is 2.01. The molecule has 2 heterocycles. The first kappa shape index (κ1) is 13.3. The van der Waals surface area contributed by atoms with Crippen molar-refractivity contribution >= 4 is 5.82 Å². The maximum atomic E-state index is 5.93. The molecule has 1 N–H and O–H groups in total. The van der Waals surface area contributed by atoms with Gasteiger partial charge in [-0.1, -0.05) is 13.0 Å². The summed E-state index contributed by atoms with van der Waals surface area (Å²) in [5.74, 6) is 0.950. The van der Waals surface area contributed by atoms with Crippen LogP contribution in [0.15, 0.2) is 18.3 Å². The van der Waals surface area contributed by atoms with Crippen molar-refractivity contribution in [2.24, 2.45) is 0 Å². The molecule has 1 aliphatic heterocycles. The van der Waals surface area contributed by atoms with E-state index in [1.165, 1.54) is 0 Å². The molecule has 1 saturated heterocycles. The molecule has 18 heavy (non-hydrogen) atoms. The molecule has 4 heteroatoms. The Labute approximate surface area is 109 Å². The third-order valence-electron chi connectivity index (χ3n) is 3.08. The molecule has 0 amide bonds. The van der Waals surface area contributed by atoms with Crippen molar-refractivity contribution in [1.29, 1.82) is 0 Å². The highest BCUT2D eigenvalue weighted by atomic mass is 16.5. The fraction of sp³-hybridized carbons (Fsp3) is 0.643. The van der Waals surface area contributed by atoms with Crippen LogP contribution in [-0.4, -0.2) is 30.8 Å². The molecule has 0 bridgehead atoms. The molecule has 0 spiro atoms. The lowest BCUT2D eigenvalue weighted by atomic mass is 10.1. The van der Waals surface area contributed by atoms with Crippen LogP contribution in [0.2, 0.25) is 0 Å². The largest absolute Gasteiger partial charge is 0.381 e. The third-order valence-corrected chi connectivity index (χ3v) is 3.08. The van der Waals surface area contributed by atoms with Gasteiger partial charge in [0.1, 0.15) is 5.82 Å². The second-order valence-electron chi connectivity index (χ2n) is 4.56. The van der Waals surface area contributed by atoms with Crippen LogP contribution in [0, 0.1) is 0 Å². The Morgan fingerprint density at radius 2 is 2.28 bits per heavy atom. The van der Waals surface area contributed by atoms with E-state index in [0.717, 1.165) is 50.4 Å². The highest BCUT2D eigenvalue weighted by Crippen LogP contribution is 2.17. The van der Waals surface area contributed by atoms with Gasteiger partial charge in [-0.05, 0) is 25.3 Å². The zero-order valence-electron chi connectivity index (χ0n) is 11.0. The van der Waals surface area contributed by atoms with Crippen LogP contribution in [0.4, 0.5) is 5.82 Å². The van der Waals surface area contributed by atoms with Crippen molar-refractivity contribution in [3.63, 3.8) is 0 Å². The summed E-state index contributed by atoms with van der Waals surface area (Å²) >= 11 is 0. The molecule has 1 aromatic rings. The van der Waals surface area contributed by atoms with E-state index in [1.54, 1.807) is 0 Å². The predicted octanol–water partition coefficient (Wildman–Crippen LogP) is 2.60. The van der Waals surface area contributed by atoms with Gasteiger partial charge in [-0.3, -0.25) is 0 Å². The van der Waals surface area contributed by atoms with E-state index in [9.17, 15) is 0 Å². The number of nitrogens with zero attached hydrogens (tertiary/aromatic N) is 1. The molecular formula is C14H22N2O2. The smallest absolute Gasteiger partial charge is 0.131 e. The maximum Gasteiger partial charge on any atom is 0.131 e. The summed E-state index contributed by atoms with van der Waals surface area (Å²) in [5.41, 5.74) is 1.14. The van der Waals surface area contributed by atoms with E-state index >= 15 is 0 Å². The Balaban J connectivity index is 1.87. The number of pyridine rings is 1. The van der Waals surface area contributed by atoms with Crippen molar-refractivity contribution < 1.29 is 9.47 Å². The first-order chi connectivity index (χ1) is 8.90. The van der Waals surface area contributed by atoms with Crippen molar-refractivity contribution in [3.05, 3.63) is 23.9 Å². The van der Waals surface area contributed by atoms with Gasteiger partial charge in [-0.2, -0.15) is 0 Å². The number of hydrogen-bond donors (Lipinski definition) is 1. The molecule has 0 aliphatic carbocycles. The number of rotatable bonds is 6. The van der Waals surface area contributed by atoms with E-state index in [2.05, 4.69) is 23.3 Å². The summed E-state index contributed by atoms with van der Waals surface area (Å²) in [4.78, 5) is 4.36. The van der Waals surface area contributed by atoms with Crippen LogP contribution in [0.25, 0.3) is 0 Å². The van der Waals surface area contributed by atoms with Gasteiger partial charge in [0, 0.05) is 31.5 Å². The molecule has 0 aromatic carbocycles. The standard InChI is InChI=1S/C14H22N2O2/c1-2-7-15-14-12(4-3-8-16-14)11-18-13-5-9-17-10-6-13/h3-4,8,13H,2,5-7,9-11H2,1H3,(H,15,16). The number of nitrogens with one attached hydrogen (secondary N) is 1. The lowest BCUT2D eigenvalue weighted by Crippen LogP contribution is -2.23. The lowest BCUT2D eigenvalue weighted by molar-refractivity contribution is -0.0389. The van der Waals surface area contributed by atoms with Crippen molar-refractivity contribution in [2.45, 2.75) is 38.9 Å². The van der Waals surface area contributed by atoms with Crippen LogP contribution in [0.1, 0.15) is 31.7 Å². The molecular weight excluding hydrogens is 228 g/mol. The highest BCUT2D eigenvalue weighted by molar-refractivity contribution is 5.43. The van der Waals surface area contributed by atoms with E-state index in [-0.39, 0.29) is 0 Å². The van der Waals surface area contributed by atoms with Gasteiger partial charge in [0.05, 0.1) is 12.7 Å².